The molecule has 19 heavy (non-hydrogen) atoms. The second-order valence-corrected chi connectivity index (χ2v) is 5.67. The molecule has 106 valence electrons. The summed E-state index contributed by atoms with van der Waals surface area (Å²) in [4.78, 5) is 0. The number of benzene rings is 1. The van der Waals surface area contributed by atoms with Crippen molar-refractivity contribution in [2.24, 2.45) is 5.73 Å². The minimum absolute atomic E-state index is 0.0542. The second kappa shape index (κ2) is 6.47. The van der Waals surface area contributed by atoms with Crippen LogP contribution < -0.4 is 5.73 Å². The first kappa shape index (κ1) is 14.4. The summed E-state index contributed by atoms with van der Waals surface area (Å²) >= 11 is 0. The van der Waals surface area contributed by atoms with Crippen molar-refractivity contribution < 1.29 is 8.78 Å². The minimum atomic E-state index is -2.21. The van der Waals surface area contributed by atoms with E-state index in [4.69, 9.17) is 5.73 Å². The first-order chi connectivity index (χ1) is 9.16. The second-order valence-electron chi connectivity index (χ2n) is 5.67. The summed E-state index contributed by atoms with van der Waals surface area (Å²) in [7, 11) is 0. The lowest BCUT2D eigenvalue weighted by Gasteiger charge is -2.37. The number of nitrogens with two attached hydrogens (primary N) is 1. The Balaban J connectivity index is 2.07. The Bertz CT molecular complexity index is 380. The summed E-state index contributed by atoms with van der Waals surface area (Å²) in [6.07, 6.45) is 4.27. The van der Waals surface area contributed by atoms with Crippen LogP contribution in [0.3, 0.4) is 0 Å². The van der Waals surface area contributed by atoms with E-state index in [-0.39, 0.29) is 11.8 Å². The van der Waals surface area contributed by atoms with Gasteiger partial charge in [-0.25, -0.2) is 8.78 Å². The maximum atomic E-state index is 12.2. The van der Waals surface area contributed by atoms with Gasteiger partial charge in [-0.05, 0) is 30.4 Å². The van der Waals surface area contributed by atoms with Gasteiger partial charge in [-0.3, -0.25) is 0 Å². The van der Waals surface area contributed by atoms with E-state index < -0.39 is 6.43 Å². The molecule has 0 aromatic heterocycles. The SMILES string of the molecule is NCC1(c2ccc(CCC(F)F)cc2)CCCCC1. The van der Waals surface area contributed by atoms with Crippen molar-refractivity contribution in [2.45, 2.75) is 56.8 Å². The summed E-state index contributed by atoms with van der Waals surface area (Å²) in [5, 5.41) is 0. The van der Waals surface area contributed by atoms with Gasteiger partial charge >= 0.3 is 0 Å². The van der Waals surface area contributed by atoms with Gasteiger partial charge in [-0.15, -0.1) is 0 Å². The van der Waals surface area contributed by atoms with Crippen LogP contribution in [-0.2, 0) is 11.8 Å². The Hall–Kier alpha value is -0.960. The lowest BCUT2D eigenvalue weighted by molar-refractivity contribution is 0.138. The van der Waals surface area contributed by atoms with E-state index in [1.54, 1.807) is 0 Å². The lowest BCUT2D eigenvalue weighted by Crippen LogP contribution is -2.37. The Labute approximate surface area is 114 Å². The van der Waals surface area contributed by atoms with Crippen molar-refractivity contribution in [1.82, 2.24) is 0 Å². The third-order valence-corrected chi connectivity index (χ3v) is 4.42. The standard InChI is InChI=1S/C16H23F2N/c17-15(18)9-6-13-4-7-14(8-5-13)16(12-19)10-2-1-3-11-16/h4-5,7-8,15H,1-3,6,9-12,19H2. The van der Waals surface area contributed by atoms with Gasteiger partial charge in [-0.1, -0.05) is 43.5 Å². The molecule has 3 heteroatoms. The zero-order valence-corrected chi connectivity index (χ0v) is 11.4. The molecule has 0 spiro atoms. The fourth-order valence-corrected chi connectivity index (χ4v) is 3.14. The van der Waals surface area contributed by atoms with E-state index >= 15 is 0 Å². The average Bonchev–Trinajstić information content (AvgIpc) is 2.46. The zero-order chi connectivity index (χ0) is 13.7. The quantitative estimate of drug-likeness (QED) is 0.856. The highest BCUT2D eigenvalue weighted by atomic mass is 19.3. The Kier molecular flexibility index (Phi) is 4.92. The lowest BCUT2D eigenvalue weighted by atomic mass is 9.69. The first-order valence-corrected chi connectivity index (χ1v) is 7.24. The molecule has 1 saturated carbocycles. The number of alkyl halides is 2. The Morgan fingerprint density at radius 2 is 1.68 bits per heavy atom. The van der Waals surface area contributed by atoms with Crippen molar-refractivity contribution in [3.05, 3.63) is 35.4 Å². The molecule has 0 unspecified atom stereocenters. The highest BCUT2D eigenvalue weighted by Gasteiger charge is 2.32. The molecule has 0 aliphatic heterocycles. The third kappa shape index (κ3) is 3.53. The number of rotatable bonds is 5. The van der Waals surface area contributed by atoms with Crippen LogP contribution in [0.4, 0.5) is 8.78 Å². The molecule has 0 heterocycles. The molecule has 0 amide bonds. The van der Waals surface area contributed by atoms with Crippen LogP contribution in [0.1, 0.15) is 49.7 Å². The van der Waals surface area contributed by atoms with Crippen molar-refractivity contribution in [3.63, 3.8) is 0 Å². The van der Waals surface area contributed by atoms with Crippen LogP contribution in [0.5, 0.6) is 0 Å². The molecule has 1 aliphatic carbocycles. The fourth-order valence-electron chi connectivity index (χ4n) is 3.14. The zero-order valence-electron chi connectivity index (χ0n) is 11.4. The summed E-state index contributed by atoms with van der Waals surface area (Å²) in [6.45, 7) is 0.684. The topological polar surface area (TPSA) is 26.0 Å². The molecule has 0 saturated heterocycles. The molecular formula is C16H23F2N. The number of aryl methyl sites for hydroxylation is 1. The van der Waals surface area contributed by atoms with E-state index in [2.05, 4.69) is 12.1 Å². The molecule has 0 bridgehead atoms. The van der Waals surface area contributed by atoms with Crippen LogP contribution in [0.2, 0.25) is 0 Å². The van der Waals surface area contributed by atoms with Crippen LogP contribution in [0.25, 0.3) is 0 Å². The molecule has 1 fully saturated rings. The predicted octanol–water partition coefficient (Wildman–Crippen LogP) is 4.04. The number of hydrogen-bond acceptors (Lipinski definition) is 1. The predicted molar refractivity (Wildman–Crippen MR) is 74.6 cm³/mol. The maximum Gasteiger partial charge on any atom is 0.239 e. The van der Waals surface area contributed by atoms with E-state index in [9.17, 15) is 8.78 Å². The summed E-state index contributed by atoms with van der Waals surface area (Å²) in [5.74, 6) is 0. The summed E-state index contributed by atoms with van der Waals surface area (Å²) < 4.78 is 24.4. The van der Waals surface area contributed by atoms with Gasteiger partial charge in [0.1, 0.15) is 0 Å². The monoisotopic (exact) mass is 267 g/mol. The molecule has 1 aromatic carbocycles. The molecule has 2 N–H and O–H groups in total. The van der Waals surface area contributed by atoms with Gasteiger partial charge in [0, 0.05) is 18.4 Å². The maximum absolute atomic E-state index is 12.2. The van der Waals surface area contributed by atoms with E-state index in [1.165, 1.54) is 24.8 Å². The Morgan fingerprint density at radius 3 is 2.21 bits per heavy atom. The van der Waals surface area contributed by atoms with Crippen molar-refractivity contribution >= 4 is 0 Å². The van der Waals surface area contributed by atoms with E-state index in [0.29, 0.717) is 13.0 Å². The number of hydrogen-bond donors (Lipinski definition) is 1. The highest BCUT2D eigenvalue weighted by Crippen LogP contribution is 2.38. The van der Waals surface area contributed by atoms with Gasteiger partial charge in [0.2, 0.25) is 6.43 Å². The minimum Gasteiger partial charge on any atom is -0.330 e. The van der Waals surface area contributed by atoms with Gasteiger partial charge in [0.05, 0.1) is 0 Å². The molecule has 0 atom stereocenters. The van der Waals surface area contributed by atoms with Crippen molar-refractivity contribution in [2.75, 3.05) is 6.54 Å². The largest absolute Gasteiger partial charge is 0.330 e. The van der Waals surface area contributed by atoms with Crippen LogP contribution >= 0.6 is 0 Å². The molecule has 1 aromatic rings. The van der Waals surface area contributed by atoms with Gasteiger partial charge in [-0.2, -0.15) is 0 Å². The third-order valence-electron chi connectivity index (χ3n) is 4.42. The van der Waals surface area contributed by atoms with Gasteiger partial charge < -0.3 is 5.73 Å². The fraction of sp³-hybridized carbons (Fsp3) is 0.625. The number of halogens is 2. The smallest absolute Gasteiger partial charge is 0.239 e. The Morgan fingerprint density at radius 1 is 1.05 bits per heavy atom. The van der Waals surface area contributed by atoms with Crippen LogP contribution in [0, 0.1) is 0 Å². The molecular weight excluding hydrogens is 244 g/mol. The molecule has 2 rings (SSSR count). The molecule has 1 nitrogen and oxygen atoms in total. The van der Waals surface area contributed by atoms with Gasteiger partial charge in [0.25, 0.3) is 0 Å². The molecule has 0 radical (unpaired) electrons. The van der Waals surface area contributed by atoms with Crippen molar-refractivity contribution in [1.29, 1.82) is 0 Å². The molecule has 1 aliphatic rings. The first-order valence-electron chi connectivity index (χ1n) is 7.24. The highest BCUT2D eigenvalue weighted by molar-refractivity contribution is 5.30. The van der Waals surface area contributed by atoms with E-state index in [0.717, 1.165) is 18.4 Å². The van der Waals surface area contributed by atoms with Crippen LogP contribution in [-0.4, -0.2) is 13.0 Å². The van der Waals surface area contributed by atoms with E-state index in [1.807, 2.05) is 12.1 Å². The summed E-state index contributed by atoms with van der Waals surface area (Å²) in [5.41, 5.74) is 8.41. The van der Waals surface area contributed by atoms with Crippen molar-refractivity contribution in [3.8, 4) is 0 Å². The normalized spacial score (nSPS) is 18.7. The average molecular weight is 267 g/mol. The van der Waals surface area contributed by atoms with Gasteiger partial charge in [0.15, 0.2) is 0 Å². The summed E-state index contributed by atoms with van der Waals surface area (Å²) in [6, 6.07) is 8.17. The van der Waals surface area contributed by atoms with Crippen LogP contribution in [0.15, 0.2) is 24.3 Å².